The number of esters is 1. The zero-order chi connectivity index (χ0) is 14.5. The molecular formula is C12H20O7. The van der Waals surface area contributed by atoms with Gasteiger partial charge < -0.3 is 18.9 Å². The first-order valence-corrected chi connectivity index (χ1v) is 5.99. The standard InChI is InChI=1S/C12H20O7/c1-10(13)9-19-11(14)5-3-7-17-12(15)18-8-4-6-16-2/h3-9H2,1-2H3. The largest absolute Gasteiger partial charge is 0.508 e. The molecule has 0 saturated heterocycles. The molecule has 0 radical (unpaired) electrons. The maximum atomic E-state index is 11.1. The van der Waals surface area contributed by atoms with Crippen LogP contribution in [0.3, 0.4) is 0 Å². The Balaban J connectivity index is 3.40. The van der Waals surface area contributed by atoms with Gasteiger partial charge in [0, 0.05) is 26.6 Å². The third-order valence-corrected chi connectivity index (χ3v) is 1.89. The Kier molecular flexibility index (Phi) is 10.5. The Morgan fingerprint density at radius 2 is 1.53 bits per heavy atom. The fourth-order valence-electron chi connectivity index (χ4n) is 1.03. The number of ether oxygens (including phenoxy) is 4. The van der Waals surface area contributed by atoms with E-state index in [-0.39, 0.29) is 32.0 Å². The number of carbonyl (C=O) groups is 3. The van der Waals surface area contributed by atoms with Gasteiger partial charge in [0.2, 0.25) is 0 Å². The van der Waals surface area contributed by atoms with Gasteiger partial charge in [0.05, 0.1) is 13.2 Å². The van der Waals surface area contributed by atoms with Crippen LogP contribution in [0, 0.1) is 0 Å². The minimum Gasteiger partial charge on any atom is -0.458 e. The average Bonchev–Trinajstić information content (AvgIpc) is 2.37. The molecule has 0 aliphatic rings. The highest BCUT2D eigenvalue weighted by molar-refractivity contribution is 5.80. The molecule has 0 atom stereocenters. The molecule has 0 fully saturated rings. The van der Waals surface area contributed by atoms with E-state index in [1.807, 2.05) is 0 Å². The first-order chi connectivity index (χ1) is 9.06. The predicted octanol–water partition coefficient (Wildman–Crippen LogP) is 1.09. The van der Waals surface area contributed by atoms with Crippen LogP contribution in [0.15, 0.2) is 0 Å². The Morgan fingerprint density at radius 1 is 0.895 bits per heavy atom. The van der Waals surface area contributed by atoms with Gasteiger partial charge in [-0.25, -0.2) is 4.79 Å². The topological polar surface area (TPSA) is 88.1 Å². The van der Waals surface area contributed by atoms with Crippen molar-refractivity contribution >= 4 is 17.9 Å². The highest BCUT2D eigenvalue weighted by Gasteiger charge is 2.07. The van der Waals surface area contributed by atoms with Gasteiger partial charge >= 0.3 is 12.1 Å². The maximum Gasteiger partial charge on any atom is 0.508 e. The number of rotatable bonds is 10. The number of hydrogen-bond donors (Lipinski definition) is 0. The molecule has 0 aromatic heterocycles. The summed E-state index contributed by atoms with van der Waals surface area (Å²) in [6.45, 7) is 1.91. The van der Waals surface area contributed by atoms with Gasteiger partial charge in [0.1, 0.15) is 6.61 Å². The number of Topliss-reactive ketones (excluding diaryl/α,β-unsaturated/α-hetero) is 1. The van der Waals surface area contributed by atoms with Crippen molar-refractivity contribution in [3.8, 4) is 0 Å². The van der Waals surface area contributed by atoms with Crippen molar-refractivity contribution in [2.24, 2.45) is 0 Å². The molecule has 0 aliphatic carbocycles. The number of hydrogen-bond acceptors (Lipinski definition) is 7. The lowest BCUT2D eigenvalue weighted by Gasteiger charge is -2.06. The molecule has 19 heavy (non-hydrogen) atoms. The molecule has 0 saturated carbocycles. The molecule has 7 nitrogen and oxygen atoms in total. The van der Waals surface area contributed by atoms with Gasteiger partial charge in [-0.3, -0.25) is 9.59 Å². The zero-order valence-electron chi connectivity index (χ0n) is 11.3. The van der Waals surface area contributed by atoms with E-state index in [2.05, 4.69) is 4.74 Å². The first-order valence-electron chi connectivity index (χ1n) is 5.99. The first kappa shape index (κ1) is 17.4. The Labute approximate surface area is 112 Å². The second kappa shape index (κ2) is 11.5. The molecular weight excluding hydrogens is 256 g/mol. The number of ketones is 1. The second-order valence-electron chi connectivity index (χ2n) is 3.76. The van der Waals surface area contributed by atoms with Gasteiger partial charge in [-0.2, -0.15) is 0 Å². The average molecular weight is 276 g/mol. The minimum atomic E-state index is -0.770. The summed E-state index contributed by atoms with van der Waals surface area (Å²) in [6, 6.07) is 0. The molecule has 0 unspecified atom stereocenters. The summed E-state index contributed by atoms with van der Waals surface area (Å²) in [6.07, 6.45) is 0.241. The van der Waals surface area contributed by atoms with Crippen LogP contribution in [0.4, 0.5) is 4.79 Å². The summed E-state index contributed by atoms with van der Waals surface area (Å²) < 4.78 is 18.9. The van der Waals surface area contributed by atoms with Crippen LogP contribution in [0.5, 0.6) is 0 Å². The van der Waals surface area contributed by atoms with E-state index in [0.29, 0.717) is 19.4 Å². The molecule has 7 heteroatoms. The van der Waals surface area contributed by atoms with Crippen molar-refractivity contribution in [1.29, 1.82) is 0 Å². The highest BCUT2D eigenvalue weighted by atomic mass is 16.7. The Hall–Kier alpha value is -1.63. The van der Waals surface area contributed by atoms with Gasteiger partial charge in [-0.15, -0.1) is 0 Å². The van der Waals surface area contributed by atoms with Crippen molar-refractivity contribution in [3.63, 3.8) is 0 Å². The van der Waals surface area contributed by atoms with Gasteiger partial charge in [-0.1, -0.05) is 0 Å². The lowest BCUT2D eigenvalue weighted by Crippen LogP contribution is -2.13. The molecule has 110 valence electrons. The van der Waals surface area contributed by atoms with Crippen molar-refractivity contribution in [1.82, 2.24) is 0 Å². The van der Waals surface area contributed by atoms with E-state index in [1.54, 1.807) is 7.11 Å². The van der Waals surface area contributed by atoms with E-state index in [4.69, 9.17) is 14.2 Å². The molecule has 0 spiro atoms. The van der Waals surface area contributed by atoms with Gasteiger partial charge in [0.25, 0.3) is 0 Å². The maximum absolute atomic E-state index is 11.1. The van der Waals surface area contributed by atoms with Crippen LogP contribution in [0.25, 0.3) is 0 Å². The minimum absolute atomic E-state index is 0.0677. The lowest BCUT2D eigenvalue weighted by molar-refractivity contribution is -0.147. The van der Waals surface area contributed by atoms with E-state index in [1.165, 1.54) is 6.92 Å². The smallest absolute Gasteiger partial charge is 0.458 e. The molecule has 0 N–H and O–H groups in total. The predicted molar refractivity (Wildman–Crippen MR) is 64.7 cm³/mol. The monoisotopic (exact) mass is 276 g/mol. The Bertz CT molecular complexity index is 288. The molecule has 0 aliphatic heterocycles. The third-order valence-electron chi connectivity index (χ3n) is 1.89. The summed E-state index contributed by atoms with van der Waals surface area (Å²) in [7, 11) is 1.56. The van der Waals surface area contributed by atoms with Crippen LogP contribution in [0.1, 0.15) is 26.2 Å². The fourth-order valence-corrected chi connectivity index (χ4v) is 1.03. The van der Waals surface area contributed by atoms with Crippen molar-refractivity contribution in [3.05, 3.63) is 0 Å². The van der Waals surface area contributed by atoms with E-state index in [0.717, 1.165) is 0 Å². The van der Waals surface area contributed by atoms with E-state index >= 15 is 0 Å². The number of methoxy groups -OCH3 is 1. The molecule has 0 rings (SSSR count). The van der Waals surface area contributed by atoms with Crippen molar-refractivity contribution in [2.75, 3.05) is 33.5 Å². The summed E-state index contributed by atoms with van der Waals surface area (Å²) in [4.78, 5) is 32.6. The zero-order valence-corrected chi connectivity index (χ0v) is 11.3. The quantitative estimate of drug-likeness (QED) is 0.436. The van der Waals surface area contributed by atoms with Crippen LogP contribution in [-0.2, 0) is 28.5 Å². The van der Waals surface area contributed by atoms with Crippen molar-refractivity contribution in [2.45, 2.75) is 26.2 Å². The molecule has 0 bridgehead atoms. The SMILES string of the molecule is COCCCOC(=O)OCCCC(=O)OCC(C)=O. The number of carbonyl (C=O) groups excluding carboxylic acids is 3. The fraction of sp³-hybridized carbons (Fsp3) is 0.750. The normalized spacial score (nSPS) is 9.79. The summed E-state index contributed by atoms with van der Waals surface area (Å²) in [5.74, 6) is -0.712. The van der Waals surface area contributed by atoms with Crippen LogP contribution >= 0.6 is 0 Å². The molecule has 0 aromatic rings. The van der Waals surface area contributed by atoms with E-state index in [9.17, 15) is 14.4 Å². The Morgan fingerprint density at radius 3 is 2.11 bits per heavy atom. The molecule has 0 amide bonds. The molecule has 0 heterocycles. The third kappa shape index (κ3) is 12.6. The van der Waals surface area contributed by atoms with Gasteiger partial charge in [0.15, 0.2) is 5.78 Å². The van der Waals surface area contributed by atoms with E-state index < -0.39 is 12.1 Å². The van der Waals surface area contributed by atoms with Crippen molar-refractivity contribution < 1.29 is 33.3 Å². The molecule has 0 aromatic carbocycles. The van der Waals surface area contributed by atoms with Crippen LogP contribution < -0.4 is 0 Å². The lowest BCUT2D eigenvalue weighted by atomic mass is 10.3. The highest BCUT2D eigenvalue weighted by Crippen LogP contribution is 1.96. The summed E-state index contributed by atoms with van der Waals surface area (Å²) in [5, 5.41) is 0. The van der Waals surface area contributed by atoms with Crippen LogP contribution in [0.2, 0.25) is 0 Å². The van der Waals surface area contributed by atoms with Gasteiger partial charge in [-0.05, 0) is 13.3 Å². The summed E-state index contributed by atoms with van der Waals surface area (Å²) >= 11 is 0. The van der Waals surface area contributed by atoms with Crippen LogP contribution in [-0.4, -0.2) is 51.4 Å². The second-order valence-corrected chi connectivity index (χ2v) is 3.76. The summed E-state index contributed by atoms with van der Waals surface area (Å²) in [5.41, 5.74) is 0.